The number of halogens is 1. The fourth-order valence-electron chi connectivity index (χ4n) is 3.63. The lowest BCUT2D eigenvalue weighted by atomic mass is 9.81. The predicted molar refractivity (Wildman–Crippen MR) is 89.3 cm³/mol. The van der Waals surface area contributed by atoms with E-state index < -0.39 is 0 Å². The Kier molecular flexibility index (Phi) is 3.46. The monoisotopic (exact) mass is 398 g/mol. The third kappa shape index (κ3) is 2.39. The topological polar surface area (TPSA) is 36.3 Å². The van der Waals surface area contributed by atoms with Crippen molar-refractivity contribution in [2.45, 2.75) is 37.4 Å². The summed E-state index contributed by atoms with van der Waals surface area (Å²) >= 11 is 2.39. The summed E-state index contributed by atoms with van der Waals surface area (Å²) < 4.78 is 15.0. The van der Waals surface area contributed by atoms with Crippen molar-refractivity contribution in [1.82, 2.24) is 9.55 Å². The third-order valence-corrected chi connectivity index (χ3v) is 5.68. The standard InChI is InChI=1S/C16H19IN2O2/c1-19-10-14(17)13-8-12(9-18-15(13)19)11-2-4-16(5-3-11)20-6-7-21-16/h8-11H,2-7H2,1H3. The summed E-state index contributed by atoms with van der Waals surface area (Å²) in [6.07, 6.45) is 8.44. The van der Waals surface area contributed by atoms with Crippen molar-refractivity contribution in [3.63, 3.8) is 0 Å². The van der Waals surface area contributed by atoms with Gasteiger partial charge < -0.3 is 14.0 Å². The van der Waals surface area contributed by atoms with E-state index in [0.29, 0.717) is 5.92 Å². The van der Waals surface area contributed by atoms with Crippen LogP contribution in [0, 0.1) is 3.57 Å². The van der Waals surface area contributed by atoms with Crippen molar-refractivity contribution in [1.29, 1.82) is 0 Å². The molecular formula is C16H19IN2O2. The highest BCUT2D eigenvalue weighted by Crippen LogP contribution is 2.42. The van der Waals surface area contributed by atoms with Crippen LogP contribution in [0.2, 0.25) is 0 Å². The maximum Gasteiger partial charge on any atom is 0.168 e. The van der Waals surface area contributed by atoms with Crippen LogP contribution in [0.15, 0.2) is 18.5 Å². The molecule has 1 saturated heterocycles. The van der Waals surface area contributed by atoms with Gasteiger partial charge in [0.1, 0.15) is 5.65 Å². The Morgan fingerprint density at radius 3 is 2.71 bits per heavy atom. The molecule has 0 amide bonds. The molecule has 0 atom stereocenters. The van der Waals surface area contributed by atoms with Crippen molar-refractivity contribution in [3.05, 3.63) is 27.6 Å². The number of rotatable bonds is 1. The van der Waals surface area contributed by atoms with E-state index >= 15 is 0 Å². The van der Waals surface area contributed by atoms with Crippen LogP contribution in [0.25, 0.3) is 11.0 Å². The van der Waals surface area contributed by atoms with Gasteiger partial charge in [-0.25, -0.2) is 4.98 Å². The maximum absolute atomic E-state index is 5.82. The largest absolute Gasteiger partial charge is 0.348 e. The van der Waals surface area contributed by atoms with Crippen LogP contribution in [0.1, 0.15) is 37.2 Å². The second kappa shape index (κ2) is 5.21. The van der Waals surface area contributed by atoms with Gasteiger partial charge in [0, 0.05) is 41.2 Å². The molecule has 2 fully saturated rings. The first-order valence-corrected chi connectivity index (χ1v) is 8.63. The number of aryl methyl sites for hydroxylation is 1. The minimum Gasteiger partial charge on any atom is -0.348 e. The van der Waals surface area contributed by atoms with Crippen LogP contribution in [-0.2, 0) is 16.5 Å². The first kappa shape index (κ1) is 14.0. The number of aromatic nitrogens is 2. The zero-order valence-electron chi connectivity index (χ0n) is 12.1. The fourth-order valence-corrected chi connectivity index (χ4v) is 4.45. The second-order valence-corrected chi connectivity index (χ2v) is 7.27. The molecule has 0 unspecified atom stereocenters. The smallest absolute Gasteiger partial charge is 0.168 e. The van der Waals surface area contributed by atoms with Crippen LogP contribution in [0.5, 0.6) is 0 Å². The van der Waals surface area contributed by atoms with E-state index in [4.69, 9.17) is 9.47 Å². The van der Waals surface area contributed by atoms with Gasteiger partial charge in [-0.1, -0.05) is 0 Å². The molecule has 1 saturated carbocycles. The predicted octanol–water partition coefficient (Wildman–Crippen LogP) is 3.58. The van der Waals surface area contributed by atoms with Gasteiger partial charge in [0.15, 0.2) is 5.79 Å². The van der Waals surface area contributed by atoms with Crippen molar-refractivity contribution in [2.24, 2.45) is 7.05 Å². The molecule has 2 aliphatic rings. The van der Waals surface area contributed by atoms with Crippen LogP contribution in [0.3, 0.4) is 0 Å². The van der Waals surface area contributed by atoms with E-state index in [1.54, 1.807) is 0 Å². The molecule has 21 heavy (non-hydrogen) atoms. The molecule has 0 N–H and O–H groups in total. The van der Waals surface area contributed by atoms with Gasteiger partial charge in [-0.05, 0) is 53.0 Å². The van der Waals surface area contributed by atoms with E-state index in [2.05, 4.69) is 57.6 Å². The van der Waals surface area contributed by atoms with Crippen molar-refractivity contribution in [2.75, 3.05) is 13.2 Å². The van der Waals surface area contributed by atoms with E-state index in [0.717, 1.165) is 44.5 Å². The molecule has 3 heterocycles. The first-order chi connectivity index (χ1) is 10.2. The first-order valence-electron chi connectivity index (χ1n) is 7.55. The van der Waals surface area contributed by atoms with Gasteiger partial charge in [-0.2, -0.15) is 0 Å². The highest BCUT2D eigenvalue weighted by atomic mass is 127. The van der Waals surface area contributed by atoms with Gasteiger partial charge in [-0.3, -0.25) is 0 Å². The number of pyridine rings is 1. The quantitative estimate of drug-likeness (QED) is 0.690. The zero-order valence-corrected chi connectivity index (χ0v) is 14.3. The summed E-state index contributed by atoms with van der Waals surface area (Å²) in [5, 5.41) is 1.27. The van der Waals surface area contributed by atoms with Gasteiger partial charge >= 0.3 is 0 Å². The molecular weight excluding hydrogens is 379 g/mol. The summed E-state index contributed by atoms with van der Waals surface area (Å²) in [6.45, 7) is 1.50. The van der Waals surface area contributed by atoms with Crippen LogP contribution in [-0.4, -0.2) is 28.6 Å². The van der Waals surface area contributed by atoms with E-state index in [9.17, 15) is 0 Å². The van der Waals surface area contributed by atoms with Crippen molar-refractivity contribution >= 4 is 33.6 Å². The molecule has 2 aromatic rings. The number of nitrogens with zero attached hydrogens (tertiary/aromatic N) is 2. The average Bonchev–Trinajstić information content (AvgIpc) is 3.06. The summed E-state index contributed by atoms with van der Waals surface area (Å²) in [7, 11) is 2.05. The SMILES string of the molecule is Cn1cc(I)c2cc(C3CCC4(CC3)OCCO4)cnc21. The highest BCUT2D eigenvalue weighted by molar-refractivity contribution is 14.1. The Morgan fingerprint density at radius 1 is 1.29 bits per heavy atom. The van der Waals surface area contributed by atoms with Crippen LogP contribution < -0.4 is 0 Å². The van der Waals surface area contributed by atoms with Gasteiger partial charge in [-0.15, -0.1) is 0 Å². The summed E-state index contributed by atoms with van der Waals surface area (Å²) in [5.41, 5.74) is 2.43. The molecule has 0 radical (unpaired) electrons. The van der Waals surface area contributed by atoms with Crippen molar-refractivity contribution in [3.8, 4) is 0 Å². The molecule has 2 aromatic heterocycles. The van der Waals surface area contributed by atoms with E-state index in [1.807, 2.05) is 0 Å². The lowest BCUT2D eigenvalue weighted by Gasteiger charge is -2.35. The molecule has 5 heteroatoms. The molecule has 0 aromatic carbocycles. The molecule has 1 aliphatic heterocycles. The average molecular weight is 398 g/mol. The van der Waals surface area contributed by atoms with Gasteiger partial charge in [0.2, 0.25) is 0 Å². The zero-order chi connectivity index (χ0) is 14.4. The summed E-state index contributed by atoms with van der Waals surface area (Å²) in [6, 6.07) is 2.32. The van der Waals surface area contributed by atoms with Crippen LogP contribution >= 0.6 is 22.6 Å². The third-order valence-electron chi connectivity index (χ3n) is 4.82. The Morgan fingerprint density at radius 2 is 2.00 bits per heavy atom. The Hall–Kier alpha value is -0.660. The Balaban J connectivity index is 1.58. The van der Waals surface area contributed by atoms with Crippen LogP contribution in [0.4, 0.5) is 0 Å². The van der Waals surface area contributed by atoms with E-state index in [1.165, 1.54) is 14.5 Å². The Bertz CT molecular complexity index is 666. The molecule has 1 spiro atoms. The normalized spacial score (nSPS) is 22.4. The molecule has 1 aliphatic carbocycles. The molecule has 0 bridgehead atoms. The van der Waals surface area contributed by atoms with E-state index in [-0.39, 0.29) is 5.79 Å². The number of fused-ring (bicyclic) bond motifs is 1. The number of hydrogen-bond donors (Lipinski definition) is 0. The van der Waals surface area contributed by atoms with Gasteiger partial charge in [0.25, 0.3) is 0 Å². The fraction of sp³-hybridized carbons (Fsp3) is 0.562. The maximum atomic E-state index is 5.82. The number of hydrogen-bond acceptors (Lipinski definition) is 3. The number of ether oxygens (including phenoxy) is 2. The second-order valence-electron chi connectivity index (χ2n) is 6.11. The summed E-state index contributed by atoms with van der Waals surface area (Å²) in [4.78, 5) is 4.66. The lowest BCUT2D eigenvalue weighted by molar-refractivity contribution is -0.178. The Labute approximate surface area is 138 Å². The molecule has 4 rings (SSSR count). The van der Waals surface area contributed by atoms with Crippen molar-refractivity contribution < 1.29 is 9.47 Å². The lowest BCUT2D eigenvalue weighted by Crippen LogP contribution is -2.34. The minimum absolute atomic E-state index is 0.269. The summed E-state index contributed by atoms with van der Waals surface area (Å²) in [5.74, 6) is 0.311. The molecule has 112 valence electrons. The van der Waals surface area contributed by atoms with Gasteiger partial charge in [0.05, 0.1) is 13.2 Å². The highest BCUT2D eigenvalue weighted by Gasteiger charge is 2.40. The minimum atomic E-state index is -0.269. The molecule has 4 nitrogen and oxygen atoms in total.